The first-order chi connectivity index (χ1) is 13.6. The zero-order valence-corrected chi connectivity index (χ0v) is 17.7. The van der Waals surface area contributed by atoms with Crippen LogP contribution in [0, 0.1) is 0 Å². The SMILES string of the molecule is COc1ccc(S(=O)(=O)N[C@@H](C)C(=O)OCC(=O)c2ccc(C(C)C)cc2)cc1. The number of nitrogens with one attached hydrogen (secondary N) is 1. The van der Waals surface area contributed by atoms with Gasteiger partial charge in [0.25, 0.3) is 0 Å². The summed E-state index contributed by atoms with van der Waals surface area (Å²) in [6.07, 6.45) is 0. The number of rotatable bonds is 9. The first-order valence-corrected chi connectivity index (χ1v) is 10.6. The molecule has 0 aromatic heterocycles. The topological polar surface area (TPSA) is 98.8 Å². The van der Waals surface area contributed by atoms with E-state index in [-0.39, 0.29) is 10.7 Å². The van der Waals surface area contributed by atoms with Crippen LogP contribution in [0.5, 0.6) is 5.75 Å². The van der Waals surface area contributed by atoms with E-state index in [0.29, 0.717) is 17.2 Å². The van der Waals surface area contributed by atoms with Crippen LogP contribution in [-0.4, -0.2) is 39.9 Å². The van der Waals surface area contributed by atoms with Crippen molar-refractivity contribution in [3.63, 3.8) is 0 Å². The van der Waals surface area contributed by atoms with Gasteiger partial charge in [-0.2, -0.15) is 4.72 Å². The molecule has 8 heteroatoms. The van der Waals surface area contributed by atoms with E-state index in [0.717, 1.165) is 5.56 Å². The number of methoxy groups -OCH3 is 1. The molecule has 0 unspecified atom stereocenters. The Morgan fingerprint density at radius 3 is 2.07 bits per heavy atom. The number of benzene rings is 2. The quantitative estimate of drug-likeness (QED) is 0.496. The van der Waals surface area contributed by atoms with Crippen molar-refractivity contribution in [1.29, 1.82) is 0 Å². The molecule has 0 aliphatic rings. The highest BCUT2D eigenvalue weighted by Crippen LogP contribution is 2.16. The van der Waals surface area contributed by atoms with Gasteiger partial charge in [0.2, 0.25) is 10.0 Å². The molecule has 0 aliphatic heterocycles. The van der Waals surface area contributed by atoms with Crippen LogP contribution in [0.25, 0.3) is 0 Å². The molecule has 0 saturated heterocycles. The third-order valence-electron chi connectivity index (χ3n) is 4.30. The molecule has 2 aromatic carbocycles. The molecule has 0 fully saturated rings. The fraction of sp³-hybridized carbons (Fsp3) is 0.333. The van der Waals surface area contributed by atoms with Gasteiger partial charge < -0.3 is 9.47 Å². The molecule has 0 radical (unpaired) electrons. The summed E-state index contributed by atoms with van der Waals surface area (Å²) in [7, 11) is -2.45. The normalized spacial score (nSPS) is 12.4. The van der Waals surface area contributed by atoms with Crippen LogP contribution in [-0.2, 0) is 19.6 Å². The first-order valence-electron chi connectivity index (χ1n) is 9.10. The van der Waals surface area contributed by atoms with E-state index in [4.69, 9.17) is 9.47 Å². The van der Waals surface area contributed by atoms with E-state index in [9.17, 15) is 18.0 Å². The summed E-state index contributed by atoms with van der Waals surface area (Å²) in [6, 6.07) is 11.6. The van der Waals surface area contributed by atoms with Gasteiger partial charge in [0.1, 0.15) is 11.8 Å². The molecule has 1 atom stereocenters. The Labute approximate surface area is 171 Å². The predicted molar refractivity (Wildman–Crippen MR) is 109 cm³/mol. The lowest BCUT2D eigenvalue weighted by molar-refractivity contribution is -0.144. The molecule has 1 N–H and O–H groups in total. The molecular formula is C21H25NO6S. The molecular weight excluding hydrogens is 394 g/mol. The van der Waals surface area contributed by atoms with Gasteiger partial charge in [-0.3, -0.25) is 9.59 Å². The lowest BCUT2D eigenvalue weighted by Crippen LogP contribution is -2.40. The van der Waals surface area contributed by atoms with E-state index < -0.39 is 28.6 Å². The Bertz CT molecular complexity index is 950. The number of carbonyl (C=O) groups is 2. The van der Waals surface area contributed by atoms with E-state index in [1.54, 1.807) is 12.1 Å². The van der Waals surface area contributed by atoms with Gasteiger partial charge in [-0.25, -0.2) is 8.42 Å². The Morgan fingerprint density at radius 1 is 0.966 bits per heavy atom. The van der Waals surface area contributed by atoms with Crippen molar-refractivity contribution in [2.45, 2.75) is 37.6 Å². The summed E-state index contributed by atoms with van der Waals surface area (Å²) >= 11 is 0. The molecule has 2 rings (SSSR count). The zero-order valence-electron chi connectivity index (χ0n) is 16.8. The van der Waals surface area contributed by atoms with Crippen LogP contribution in [0.1, 0.15) is 42.6 Å². The molecule has 0 saturated carbocycles. The van der Waals surface area contributed by atoms with Gasteiger partial charge in [0, 0.05) is 5.56 Å². The van der Waals surface area contributed by atoms with Crippen LogP contribution in [0.3, 0.4) is 0 Å². The highest BCUT2D eigenvalue weighted by atomic mass is 32.2. The van der Waals surface area contributed by atoms with Crippen LogP contribution < -0.4 is 9.46 Å². The third kappa shape index (κ3) is 6.13. The van der Waals surface area contributed by atoms with Crippen LogP contribution in [0.15, 0.2) is 53.4 Å². The second-order valence-corrected chi connectivity index (χ2v) is 8.54. The van der Waals surface area contributed by atoms with Gasteiger partial charge in [-0.1, -0.05) is 38.1 Å². The fourth-order valence-electron chi connectivity index (χ4n) is 2.50. The molecule has 7 nitrogen and oxygen atoms in total. The Balaban J connectivity index is 1.93. The number of hydrogen-bond acceptors (Lipinski definition) is 6. The summed E-state index contributed by atoms with van der Waals surface area (Å²) in [5, 5.41) is 0. The number of carbonyl (C=O) groups excluding carboxylic acids is 2. The second kappa shape index (κ2) is 9.67. The lowest BCUT2D eigenvalue weighted by Gasteiger charge is -2.14. The number of ether oxygens (including phenoxy) is 2. The van der Waals surface area contributed by atoms with Crippen molar-refractivity contribution in [1.82, 2.24) is 4.72 Å². The lowest BCUT2D eigenvalue weighted by atomic mass is 10.0. The van der Waals surface area contributed by atoms with E-state index in [1.165, 1.54) is 38.3 Å². The van der Waals surface area contributed by atoms with E-state index in [2.05, 4.69) is 4.72 Å². The van der Waals surface area contributed by atoms with Crippen LogP contribution >= 0.6 is 0 Å². The monoisotopic (exact) mass is 419 g/mol. The summed E-state index contributed by atoms with van der Waals surface area (Å²) in [6.45, 7) is 4.99. The van der Waals surface area contributed by atoms with Crippen molar-refractivity contribution < 1.29 is 27.5 Å². The van der Waals surface area contributed by atoms with Crippen LogP contribution in [0.2, 0.25) is 0 Å². The van der Waals surface area contributed by atoms with Gasteiger partial charge in [-0.05, 0) is 42.7 Å². The molecule has 0 spiro atoms. The predicted octanol–water partition coefficient (Wildman–Crippen LogP) is 2.91. The number of hydrogen-bond donors (Lipinski definition) is 1. The summed E-state index contributed by atoms with van der Waals surface area (Å²) in [4.78, 5) is 24.3. The van der Waals surface area contributed by atoms with Crippen molar-refractivity contribution >= 4 is 21.8 Å². The maximum absolute atomic E-state index is 12.4. The van der Waals surface area contributed by atoms with E-state index >= 15 is 0 Å². The van der Waals surface area contributed by atoms with Crippen molar-refractivity contribution in [2.24, 2.45) is 0 Å². The molecule has 0 amide bonds. The number of sulfonamides is 1. The largest absolute Gasteiger partial charge is 0.497 e. The molecule has 0 heterocycles. The maximum atomic E-state index is 12.4. The average molecular weight is 419 g/mol. The van der Waals surface area contributed by atoms with Crippen molar-refractivity contribution in [3.05, 3.63) is 59.7 Å². The highest BCUT2D eigenvalue weighted by Gasteiger charge is 2.24. The minimum Gasteiger partial charge on any atom is -0.497 e. The van der Waals surface area contributed by atoms with Gasteiger partial charge >= 0.3 is 5.97 Å². The van der Waals surface area contributed by atoms with Gasteiger partial charge in [0.15, 0.2) is 12.4 Å². The molecule has 0 bridgehead atoms. The minimum absolute atomic E-state index is 0.0146. The number of Topliss-reactive ketones (excluding diaryl/α,β-unsaturated/α-hetero) is 1. The van der Waals surface area contributed by atoms with Crippen molar-refractivity contribution in [3.8, 4) is 5.75 Å². The Morgan fingerprint density at radius 2 is 1.55 bits per heavy atom. The Hall–Kier alpha value is -2.71. The maximum Gasteiger partial charge on any atom is 0.324 e. The Kier molecular flexibility index (Phi) is 7.53. The summed E-state index contributed by atoms with van der Waals surface area (Å²) in [5.74, 6) is -0.346. The van der Waals surface area contributed by atoms with E-state index in [1.807, 2.05) is 26.0 Å². The molecule has 156 valence electrons. The second-order valence-electron chi connectivity index (χ2n) is 6.83. The smallest absolute Gasteiger partial charge is 0.324 e. The minimum atomic E-state index is -3.92. The average Bonchev–Trinajstić information content (AvgIpc) is 2.71. The standard InChI is InChI=1S/C21H25NO6S/c1-14(2)16-5-7-17(8-6-16)20(23)13-28-21(24)15(3)22-29(25,26)19-11-9-18(27-4)10-12-19/h5-12,14-15,22H,13H2,1-4H3/t15-/m0/s1. The molecule has 29 heavy (non-hydrogen) atoms. The molecule has 0 aliphatic carbocycles. The zero-order chi connectivity index (χ0) is 21.6. The molecule has 2 aromatic rings. The summed E-state index contributed by atoms with van der Waals surface area (Å²) < 4.78 is 36.9. The van der Waals surface area contributed by atoms with Gasteiger partial charge in [0.05, 0.1) is 12.0 Å². The van der Waals surface area contributed by atoms with Crippen LogP contribution in [0.4, 0.5) is 0 Å². The fourth-order valence-corrected chi connectivity index (χ4v) is 3.69. The highest BCUT2D eigenvalue weighted by molar-refractivity contribution is 7.89. The van der Waals surface area contributed by atoms with Crippen molar-refractivity contribution in [2.75, 3.05) is 13.7 Å². The summed E-state index contributed by atoms with van der Waals surface area (Å²) in [5.41, 5.74) is 1.52. The number of ketones is 1. The first kappa shape index (κ1) is 22.6. The van der Waals surface area contributed by atoms with Gasteiger partial charge in [-0.15, -0.1) is 0 Å². The third-order valence-corrected chi connectivity index (χ3v) is 5.86. The number of esters is 1.